The van der Waals surface area contributed by atoms with Gasteiger partial charge in [0.05, 0.1) is 74.7 Å². The summed E-state index contributed by atoms with van der Waals surface area (Å²) in [6.07, 6.45) is 0. The van der Waals surface area contributed by atoms with Crippen molar-refractivity contribution in [2.45, 2.75) is 188 Å². The van der Waals surface area contributed by atoms with Gasteiger partial charge in [0, 0.05) is 4.79 Å². The third kappa shape index (κ3) is 7.27. The fraction of sp³-hybridized carbons (Fsp3) is 1.00. The normalized spacial score (nSPS) is 20.8. The largest absolute Gasteiger partial charge is 0.394 e. The van der Waals surface area contributed by atoms with Gasteiger partial charge < -0.3 is 30.8 Å². The Labute approximate surface area is 331 Å². The molecule has 8 nitrogen and oxygen atoms in total. The van der Waals surface area contributed by atoms with E-state index >= 15 is 0 Å². The number of sulfone groups is 1. The van der Waals surface area contributed by atoms with E-state index in [0.717, 1.165) is 0 Å². The summed E-state index contributed by atoms with van der Waals surface area (Å²) in [5.41, 5.74) is 0. The molecule has 0 aromatic heterocycles. The van der Waals surface area contributed by atoms with E-state index < -0.39 is 105 Å². The molecule has 18 heteroatoms. The van der Waals surface area contributed by atoms with E-state index in [2.05, 4.69) is 83.9 Å². The van der Waals surface area contributed by atoms with Crippen LogP contribution in [0.3, 0.4) is 0 Å². The molecule has 0 bridgehead atoms. The topological polar surface area (TPSA) is 147 Å². The van der Waals surface area contributed by atoms with Crippen LogP contribution < -0.4 is 5.32 Å². The Morgan fingerprint density at radius 3 is 0.840 bits per heavy atom. The van der Waals surface area contributed by atoms with E-state index in [-0.39, 0.29) is 9.64 Å². The Morgan fingerprint density at radius 2 is 0.660 bits per heavy atom. The SMILES string of the molecule is C[Si](C)(C)C(O)([C@@](O)([C@@](O)([C@](O)([C@@](O)(C(NCS(=O)(=O)CI)([Si](C)(C)C)[Si](C)(C)C)[Si](C)(C)C)[Si](C)(C)C)[Si](C)(C)C)[Si](C)(C)C)[Si](C)(C)C. The Balaban J connectivity index is 10.1. The first-order valence-corrected chi connectivity index (χ1v) is 49.5. The fourth-order valence-corrected chi connectivity index (χ4v) is 62.9. The maximum Gasteiger partial charge on any atom is 0.172 e. The quantitative estimate of drug-likeness (QED) is 0.0534. The first-order chi connectivity index (χ1) is 21.0. The van der Waals surface area contributed by atoms with Crippen LogP contribution in [0.2, 0.25) is 157 Å². The van der Waals surface area contributed by atoms with Gasteiger partial charge in [-0.3, -0.25) is 0 Å². The molecular weight excluding hydrogens is 894 g/mol. The molecule has 0 aliphatic heterocycles. The first-order valence-electron chi connectivity index (χ1n) is 18.1. The molecule has 0 unspecified atom stereocenters. The molecule has 0 aliphatic rings. The summed E-state index contributed by atoms with van der Waals surface area (Å²) in [6.45, 7) is 49.2. The third-order valence-electron chi connectivity index (χ3n) is 12.1. The molecule has 0 rings (SSSR count). The number of rotatable bonds is 17. The maximum absolute atomic E-state index is 14.9. The molecule has 0 aromatic rings. The molecule has 0 amide bonds. The van der Waals surface area contributed by atoms with Crippen LogP contribution in [0, 0.1) is 0 Å². The number of hydrogen-bond donors (Lipinski definition) is 6. The average Bonchev–Trinajstić information content (AvgIpc) is 2.80. The van der Waals surface area contributed by atoms with Crippen molar-refractivity contribution in [1.29, 1.82) is 0 Å². The highest BCUT2D eigenvalue weighted by atomic mass is 127. The molecule has 0 saturated carbocycles. The highest BCUT2D eigenvalue weighted by molar-refractivity contribution is 14.1. The lowest BCUT2D eigenvalue weighted by atomic mass is 9.97. The number of hydrogen-bond acceptors (Lipinski definition) is 8. The van der Waals surface area contributed by atoms with Crippen LogP contribution in [0.4, 0.5) is 0 Å². The zero-order valence-corrected chi connectivity index (χ0v) is 47.7. The van der Waals surface area contributed by atoms with Crippen molar-refractivity contribution in [1.82, 2.24) is 5.32 Å². The predicted octanol–water partition coefficient (Wildman–Crippen LogP) is 6.75. The molecule has 0 fully saturated rings. The minimum Gasteiger partial charge on any atom is -0.394 e. The third-order valence-corrected chi connectivity index (χ3v) is 48.9. The van der Waals surface area contributed by atoms with Crippen LogP contribution in [0.15, 0.2) is 0 Å². The zero-order valence-electron chi connectivity index (χ0n) is 36.8. The zero-order chi connectivity index (χ0) is 41.6. The van der Waals surface area contributed by atoms with Gasteiger partial charge in [-0.25, -0.2) is 8.42 Å². The molecule has 0 spiro atoms. The van der Waals surface area contributed by atoms with Gasteiger partial charge in [0.1, 0.15) is 25.3 Å². The van der Waals surface area contributed by atoms with E-state index in [9.17, 15) is 34.0 Å². The van der Waals surface area contributed by atoms with Gasteiger partial charge in [-0.1, -0.05) is 180 Å². The van der Waals surface area contributed by atoms with Crippen LogP contribution in [0.1, 0.15) is 0 Å². The van der Waals surface area contributed by atoms with Crippen LogP contribution in [0.25, 0.3) is 0 Å². The molecule has 302 valence electrons. The molecule has 0 radical (unpaired) electrons. The lowest BCUT2D eigenvalue weighted by Crippen LogP contribution is -3.05. The molecule has 4 atom stereocenters. The van der Waals surface area contributed by atoms with Gasteiger partial charge >= 0.3 is 0 Å². The van der Waals surface area contributed by atoms with Crippen molar-refractivity contribution in [3.8, 4) is 0 Å². The van der Waals surface area contributed by atoms with Crippen LogP contribution >= 0.6 is 22.6 Å². The van der Waals surface area contributed by atoms with E-state index in [1.54, 1.807) is 0 Å². The number of aliphatic hydroxyl groups is 5. The van der Waals surface area contributed by atoms with Gasteiger partial charge in [0.25, 0.3) is 0 Å². The van der Waals surface area contributed by atoms with Crippen LogP contribution in [-0.4, -0.2) is 139 Å². The van der Waals surface area contributed by atoms with Crippen molar-refractivity contribution in [3.63, 3.8) is 0 Å². The summed E-state index contributed by atoms with van der Waals surface area (Å²) < 4.78 is 26.8. The smallest absolute Gasteiger partial charge is 0.172 e. The predicted molar refractivity (Wildman–Crippen MR) is 250 cm³/mol. The van der Waals surface area contributed by atoms with Crippen molar-refractivity contribution in [2.75, 3.05) is 9.64 Å². The van der Waals surface area contributed by atoms with Gasteiger partial charge in [-0.15, -0.1) is 0 Å². The van der Waals surface area contributed by atoms with Gasteiger partial charge in [-0.2, -0.15) is 0 Å². The lowest BCUT2D eigenvalue weighted by Gasteiger charge is -2.78. The molecular formula is C32H82INO7SSi8. The van der Waals surface area contributed by atoms with Crippen molar-refractivity contribution >= 4 is 97.0 Å². The summed E-state index contributed by atoms with van der Waals surface area (Å²) in [6, 6.07) is 0. The molecule has 0 heterocycles. The van der Waals surface area contributed by atoms with Crippen LogP contribution in [-0.2, 0) is 9.84 Å². The minimum atomic E-state index is -3.61. The molecule has 0 saturated heterocycles. The van der Waals surface area contributed by atoms with Gasteiger partial charge in [0.2, 0.25) is 0 Å². The van der Waals surface area contributed by atoms with E-state index in [0.29, 0.717) is 0 Å². The Morgan fingerprint density at radius 1 is 0.420 bits per heavy atom. The molecule has 50 heavy (non-hydrogen) atoms. The maximum atomic E-state index is 14.9. The van der Waals surface area contributed by atoms with E-state index in [4.69, 9.17) is 0 Å². The average molecular weight is 977 g/mol. The number of nitrogens with one attached hydrogen (secondary N) is 1. The van der Waals surface area contributed by atoms with E-state index in [1.807, 2.05) is 101 Å². The number of alkyl halides is 1. The van der Waals surface area contributed by atoms with E-state index in [1.165, 1.54) is 0 Å². The highest BCUT2D eigenvalue weighted by Gasteiger charge is 2.89. The fourth-order valence-electron chi connectivity index (χ4n) is 10.8. The monoisotopic (exact) mass is 975 g/mol. The summed E-state index contributed by atoms with van der Waals surface area (Å²) in [4.78, 5) is -2.99. The summed E-state index contributed by atoms with van der Waals surface area (Å²) in [5, 5.41) is 67.4. The van der Waals surface area contributed by atoms with Crippen molar-refractivity contribution in [3.05, 3.63) is 0 Å². The second kappa shape index (κ2) is 14.2. The molecule has 6 N–H and O–H groups in total. The van der Waals surface area contributed by atoms with Crippen molar-refractivity contribution < 1.29 is 34.0 Å². The Hall–Kier alpha value is 2.18. The van der Waals surface area contributed by atoms with Gasteiger partial charge in [0.15, 0.2) is 9.84 Å². The highest BCUT2D eigenvalue weighted by Crippen LogP contribution is 2.63. The standard InChI is InChI=1S/C32H82INO7SSi8/c1-43(2,3)27(35,28(36,44(4,5)6)30(38,46(10,11)12)32(39,49(19,20)21)50(22,23)24)29(37,45(7,8)9)31(47(13,14)15,48(16,17)18)34-26-42(40,41)25-33/h34-39H,25-26H2,1-24H3/t27-,28-,29+,30-/m1/s1. The number of halogens is 1. The summed E-state index contributed by atoms with van der Waals surface area (Å²) in [5.74, 6) is -0.379. The second-order valence-corrected chi connectivity index (χ2v) is 70.2. The molecule has 0 aliphatic carbocycles. The summed E-state index contributed by atoms with van der Waals surface area (Å²) in [7, 11) is -28.3. The Kier molecular flexibility index (Phi) is 14.8. The van der Waals surface area contributed by atoms with Crippen molar-refractivity contribution in [2.24, 2.45) is 0 Å². The summed E-state index contributed by atoms with van der Waals surface area (Å²) >= 11 is 1.87. The lowest BCUT2D eigenvalue weighted by molar-refractivity contribution is -0.225. The van der Waals surface area contributed by atoms with Crippen LogP contribution in [0.5, 0.6) is 0 Å². The second-order valence-electron chi connectivity index (χ2n) is 23.5. The minimum absolute atomic E-state index is 0.109. The molecule has 0 aromatic carbocycles. The first kappa shape index (κ1) is 52.2. The van der Waals surface area contributed by atoms with Gasteiger partial charge in [-0.05, 0) is 0 Å². The Bertz CT molecular complexity index is 1310.